The summed E-state index contributed by atoms with van der Waals surface area (Å²) in [6.45, 7) is 0.671. The Morgan fingerprint density at radius 2 is 2.13 bits per heavy atom. The van der Waals surface area contributed by atoms with Gasteiger partial charge in [-0.15, -0.1) is 0 Å². The van der Waals surface area contributed by atoms with Crippen molar-refractivity contribution in [1.82, 2.24) is 0 Å². The summed E-state index contributed by atoms with van der Waals surface area (Å²) in [7, 11) is 0. The fourth-order valence-electron chi connectivity index (χ4n) is 1.43. The second-order valence-corrected chi connectivity index (χ2v) is 4.51. The van der Waals surface area contributed by atoms with Crippen molar-refractivity contribution in [3.63, 3.8) is 0 Å². The number of hydrogen-bond acceptors (Lipinski definition) is 2. The van der Waals surface area contributed by atoms with E-state index >= 15 is 0 Å². The molecule has 82 valence electrons. The van der Waals surface area contributed by atoms with Gasteiger partial charge in [0.15, 0.2) is 0 Å². The molecule has 0 aromatic heterocycles. The Labute approximate surface area is 99.0 Å². The van der Waals surface area contributed by atoms with Crippen LogP contribution in [0, 0.1) is 0 Å². The molecule has 0 spiro atoms. The summed E-state index contributed by atoms with van der Waals surface area (Å²) in [5, 5.41) is 0. The maximum Gasteiger partial charge on any atom is 0.137 e. The molecule has 1 aromatic rings. The zero-order chi connectivity index (χ0) is 11.1. The standard InChI is InChI=1S/C12H16BrNO/c13-11-5-3-4-10(8-11)9-12(15)6-1-2-7-14/h3-5,8H,1-2,6-7,9,14H2. The highest BCUT2D eigenvalue weighted by atomic mass is 79.9. The van der Waals surface area contributed by atoms with Crippen LogP contribution in [-0.4, -0.2) is 12.3 Å². The first kappa shape index (κ1) is 12.4. The molecule has 1 rings (SSSR count). The molecule has 0 aliphatic carbocycles. The van der Waals surface area contributed by atoms with Crippen LogP contribution in [0.2, 0.25) is 0 Å². The highest BCUT2D eigenvalue weighted by Gasteiger charge is 2.03. The lowest BCUT2D eigenvalue weighted by Gasteiger charge is -2.01. The maximum absolute atomic E-state index is 11.5. The quantitative estimate of drug-likeness (QED) is 0.807. The summed E-state index contributed by atoms with van der Waals surface area (Å²) in [6.07, 6.45) is 3.02. The topological polar surface area (TPSA) is 43.1 Å². The van der Waals surface area contributed by atoms with Gasteiger partial charge in [0.05, 0.1) is 0 Å². The van der Waals surface area contributed by atoms with Crippen LogP contribution in [-0.2, 0) is 11.2 Å². The molecular formula is C12H16BrNO. The van der Waals surface area contributed by atoms with Gasteiger partial charge in [-0.2, -0.15) is 0 Å². The summed E-state index contributed by atoms with van der Waals surface area (Å²) >= 11 is 3.39. The molecule has 2 N–H and O–H groups in total. The van der Waals surface area contributed by atoms with Gasteiger partial charge in [-0.05, 0) is 37.1 Å². The molecule has 0 amide bonds. The third-order valence-corrected chi connectivity index (χ3v) is 2.69. The molecule has 0 heterocycles. The average Bonchev–Trinajstić information content (AvgIpc) is 2.18. The van der Waals surface area contributed by atoms with Crippen LogP contribution in [0.25, 0.3) is 0 Å². The smallest absolute Gasteiger partial charge is 0.137 e. The molecule has 0 unspecified atom stereocenters. The SMILES string of the molecule is NCCCCC(=O)Cc1cccc(Br)c1. The van der Waals surface area contributed by atoms with Gasteiger partial charge in [0.2, 0.25) is 0 Å². The summed E-state index contributed by atoms with van der Waals surface area (Å²) in [4.78, 5) is 11.5. The molecule has 0 fully saturated rings. The molecule has 0 radical (unpaired) electrons. The Hall–Kier alpha value is -0.670. The van der Waals surface area contributed by atoms with Crippen LogP contribution < -0.4 is 5.73 Å². The number of carbonyl (C=O) groups is 1. The van der Waals surface area contributed by atoms with Crippen LogP contribution >= 0.6 is 15.9 Å². The van der Waals surface area contributed by atoms with E-state index in [2.05, 4.69) is 15.9 Å². The number of unbranched alkanes of at least 4 members (excludes halogenated alkanes) is 1. The first-order valence-electron chi connectivity index (χ1n) is 5.18. The Morgan fingerprint density at radius 1 is 1.33 bits per heavy atom. The van der Waals surface area contributed by atoms with Gasteiger partial charge in [-0.25, -0.2) is 0 Å². The van der Waals surface area contributed by atoms with Crippen molar-refractivity contribution in [2.75, 3.05) is 6.54 Å². The minimum Gasteiger partial charge on any atom is -0.330 e. The lowest BCUT2D eigenvalue weighted by atomic mass is 10.1. The Morgan fingerprint density at radius 3 is 2.80 bits per heavy atom. The van der Waals surface area contributed by atoms with Crippen molar-refractivity contribution in [2.45, 2.75) is 25.7 Å². The minimum absolute atomic E-state index is 0.293. The van der Waals surface area contributed by atoms with E-state index in [0.29, 0.717) is 25.2 Å². The minimum atomic E-state index is 0.293. The number of rotatable bonds is 6. The zero-order valence-electron chi connectivity index (χ0n) is 8.71. The number of ketones is 1. The van der Waals surface area contributed by atoms with Crippen LogP contribution in [0.1, 0.15) is 24.8 Å². The second kappa shape index (κ2) is 6.75. The fourth-order valence-corrected chi connectivity index (χ4v) is 1.88. The van der Waals surface area contributed by atoms with Gasteiger partial charge in [0, 0.05) is 17.3 Å². The van der Waals surface area contributed by atoms with E-state index in [-0.39, 0.29) is 0 Å². The molecule has 0 atom stereocenters. The largest absolute Gasteiger partial charge is 0.330 e. The van der Waals surface area contributed by atoms with Crippen molar-refractivity contribution >= 4 is 21.7 Å². The molecule has 3 heteroatoms. The van der Waals surface area contributed by atoms with Crippen LogP contribution in [0.3, 0.4) is 0 Å². The van der Waals surface area contributed by atoms with E-state index in [4.69, 9.17) is 5.73 Å². The normalized spacial score (nSPS) is 10.3. The van der Waals surface area contributed by atoms with Gasteiger partial charge in [-0.3, -0.25) is 4.79 Å². The van der Waals surface area contributed by atoms with Gasteiger partial charge >= 0.3 is 0 Å². The third kappa shape index (κ3) is 5.09. The predicted molar refractivity (Wildman–Crippen MR) is 65.8 cm³/mol. The average molecular weight is 270 g/mol. The fraction of sp³-hybridized carbons (Fsp3) is 0.417. The number of hydrogen-bond donors (Lipinski definition) is 1. The van der Waals surface area contributed by atoms with Gasteiger partial charge in [-0.1, -0.05) is 28.1 Å². The molecule has 0 aliphatic heterocycles. The van der Waals surface area contributed by atoms with Crippen LogP contribution in [0.4, 0.5) is 0 Å². The molecule has 0 aliphatic rings. The molecular weight excluding hydrogens is 254 g/mol. The monoisotopic (exact) mass is 269 g/mol. The van der Waals surface area contributed by atoms with Crippen molar-refractivity contribution in [2.24, 2.45) is 5.73 Å². The second-order valence-electron chi connectivity index (χ2n) is 3.59. The lowest BCUT2D eigenvalue weighted by molar-refractivity contribution is -0.118. The van der Waals surface area contributed by atoms with Crippen LogP contribution in [0.5, 0.6) is 0 Å². The van der Waals surface area contributed by atoms with E-state index in [1.54, 1.807) is 0 Å². The number of benzene rings is 1. The molecule has 0 saturated carbocycles. The van der Waals surface area contributed by atoms with Crippen molar-refractivity contribution in [3.05, 3.63) is 34.3 Å². The Balaban J connectivity index is 2.37. The summed E-state index contributed by atoms with van der Waals surface area (Å²) in [6, 6.07) is 7.88. The highest BCUT2D eigenvalue weighted by molar-refractivity contribution is 9.10. The molecule has 0 saturated heterocycles. The first-order chi connectivity index (χ1) is 7.22. The maximum atomic E-state index is 11.5. The Kier molecular flexibility index (Phi) is 5.58. The first-order valence-corrected chi connectivity index (χ1v) is 5.98. The zero-order valence-corrected chi connectivity index (χ0v) is 10.3. The molecule has 15 heavy (non-hydrogen) atoms. The van der Waals surface area contributed by atoms with Crippen LogP contribution in [0.15, 0.2) is 28.7 Å². The third-order valence-electron chi connectivity index (χ3n) is 2.20. The van der Waals surface area contributed by atoms with E-state index < -0.39 is 0 Å². The van der Waals surface area contributed by atoms with Crippen molar-refractivity contribution in [3.8, 4) is 0 Å². The lowest BCUT2D eigenvalue weighted by Crippen LogP contribution is -2.04. The Bertz CT molecular complexity index is 325. The summed E-state index contributed by atoms with van der Waals surface area (Å²) < 4.78 is 1.02. The van der Waals surface area contributed by atoms with E-state index in [1.807, 2.05) is 24.3 Å². The van der Waals surface area contributed by atoms with Crippen molar-refractivity contribution < 1.29 is 4.79 Å². The number of carbonyl (C=O) groups excluding carboxylic acids is 1. The van der Waals surface area contributed by atoms with E-state index in [9.17, 15) is 4.79 Å². The highest BCUT2D eigenvalue weighted by Crippen LogP contribution is 2.13. The molecule has 0 bridgehead atoms. The summed E-state index contributed by atoms with van der Waals surface area (Å²) in [5.74, 6) is 0.293. The van der Waals surface area contributed by atoms with Gasteiger partial charge in [0.25, 0.3) is 0 Å². The number of halogens is 1. The summed E-state index contributed by atoms with van der Waals surface area (Å²) in [5.41, 5.74) is 6.44. The van der Waals surface area contributed by atoms with Gasteiger partial charge in [0.1, 0.15) is 5.78 Å². The van der Waals surface area contributed by atoms with E-state index in [0.717, 1.165) is 22.9 Å². The van der Waals surface area contributed by atoms with Gasteiger partial charge < -0.3 is 5.73 Å². The van der Waals surface area contributed by atoms with Crippen molar-refractivity contribution in [1.29, 1.82) is 0 Å². The number of nitrogens with two attached hydrogens (primary N) is 1. The number of Topliss-reactive ketones (excluding diaryl/α,β-unsaturated/α-hetero) is 1. The molecule has 2 nitrogen and oxygen atoms in total. The molecule has 1 aromatic carbocycles. The van der Waals surface area contributed by atoms with E-state index in [1.165, 1.54) is 0 Å². The predicted octanol–water partition coefficient (Wildman–Crippen LogP) is 2.69.